The van der Waals surface area contributed by atoms with Crippen LogP contribution in [0.4, 0.5) is 0 Å². The highest BCUT2D eigenvalue weighted by Crippen LogP contribution is 2.44. The second kappa shape index (κ2) is 1.98. The van der Waals surface area contributed by atoms with Gasteiger partial charge in [0.15, 0.2) is 0 Å². The zero-order valence-electron chi connectivity index (χ0n) is 6.03. The molecule has 0 amide bonds. The molecule has 0 atom stereocenters. The first kappa shape index (κ1) is 5.72. The van der Waals surface area contributed by atoms with Gasteiger partial charge in [-0.2, -0.15) is 0 Å². The van der Waals surface area contributed by atoms with Crippen molar-refractivity contribution >= 4 is 0 Å². The van der Waals surface area contributed by atoms with Crippen molar-refractivity contribution in [1.29, 1.82) is 0 Å². The van der Waals surface area contributed by atoms with Crippen molar-refractivity contribution in [2.45, 2.75) is 32.1 Å². The van der Waals surface area contributed by atoms with Gasteiger partial charge in [-0.1, -0.05) is 6.42 Å². The number of nitrogens with two attached hydrogens (primary N) is 1. The Balaban J connectivity index is 1.93. The van der Waals surface area contributed by atoms with Crippen molar-refractivity contribution in [3.8, 4) is 0 Å². The Labute approximate surface area is 56.8 Å². The van der Waals surface area contributed by atoms with Crippen molar-refractivity contribution < 1.29 is 5.32 Å². The third-order valence-corrected chi connectivity index (χ3v) is 3.11. The molecule has 1 heteroatoms. The van der Waals surface area contributed by atoms with Crippen LogP contribution in [-0.4, -0.2) is 13.1 Å². The molecule has 0 unspecified atom stereocenters. The molecule has 1 aliphatic heterocycles. The first-order valence-electron chi connectivity index (χ1n) is 4.23. The van der Waals surface area contributed by atoms with Crippen LogP contribution in [0.15, 0.2) is 0 Å². The molecular weight excluding hydrogens is 110 g/mol. The summed E-state index contributed by atoms with van der Waals surface area (Å²) >= 11 is 0. The fourth-order valence-electron chi connectivity index (χ4n) is 2.26. The van der Waals surface area contributed by atoms with Crippen molar-refractivity contribution in [3.63, 3.8) is 0 Å². The summed E-state index contributed by atoms with van der Waals surface area (Å²) in [4.78, 5) is 0. The minimum absolute atomic E-state index is 0.845. The molecule has 0 aromatic rings. The summed E-state index contributed by atoms with van der Waals surface area (Å²) in [5.41, 5.74) is 0.845. The maximum absolute atomic E-state index is 2.50. The second-order valence-electron chi connectivity index (χ2n) is 3.74. The predicted octanol–water partition coefficient (Wildman–Crippen LogP) is 0.514. The standard InChI is InChI=1S/C8H15N/c1-3-8(4-1)5-2-6-9-7-8/h9H,1-7H2/p+1. The first-order valence-corrected chi connectivity index (χ1v) is 4.23. The highest BCUT2D eigenvalue weighted by atomic mass is 14.9. The predicted molar refractivity (Wildman–Crippen MR) is 37.2 cm³/mol. The van der Waals surface area contributed by atoms with Crippen molar-refractivity contribution in [2.75, 3.05) is 13.1 Å². The third-order valence-electron chi connectivity index (χ3n) is 3.11. The van der Waals surface area contributed by atoms with Crippen LogP contribution in [0.5, 0.6) is 0 Å². The molecule has 9 heavy (non-hydrogen) atoms. The smallest absolute Gasteiger partial charge is 0.0812 e. The molecule has 2 N–H and O–H groups in total. The Bertz CT molecular complexity index is 97.1. The molecule has 1 nitrogen and oxygen atoms in total. The van der Waals surface area contributed by atoms with Gasteiger partial charge in [0.05, 0.1) is 13.1 Å². The van der Waals surface area contributed by atoms with E-state index in [2.05, 4.69) is 5.32 Å². The first-order chi connectivity index (χ1) is 4.41. The lowest BCUT2D eigenvalue weighted by Gasteiger charge is -2.42. The van der Waals surface area contributed by atoms with Gasteiger partial charge >= 0.3 is 0 Å². The zero-order valence-corrected chi connectivity index (χ0v) is 6.03. The molecule has 2 aliphatic rings. The van der Waals surface area contributed by atoms with Crippen LogP contribution in [0.25, 0.3) is 0 Å². The van der Waals surface area contributed by atoms with E-state index in [9.17, 15) is 0 Å². The lowest BCUT2D eigenvalue weighted by atomic mass is 9.65. The second-order valence-corrected chi connectivity index (χ2v) is 3.74. The monoisotopic (exact) mass is 126 g/mol. The molecule has 2 rings (SSSR count). The molecule has 1 aliphatic carbocycles. The van der Waals surface area contributed by atoms with E-state index in [0.29, 0.717) is 0 Å². The van der Waals surface area contributed by atoms with E-state index in [1.54, 1.807) is 0 Å². The van der Waals surface area contributed by atoms with Gasteiger partial charge in [0.1, 0.15) is 0 Å². The maximum atomic E-state index is 2.50. The average Bonchev–Trinajstić information content (AvgIpc) is 1.87. The Kier molecular flexibility index (Phi) is 1.26. The van der Waals surface area contributed by atoms with E-state index in [-0.39, 0.29) is 0 Å². The molecule has 0 aromatic heterocycles. The molecule has 1 saturated carbocycles. The van der Waals surface area contributed by atoms with Crippen LogP contribution < -0.4 is 5.32 Å². The summed E-state index contributed by atoms with van der Waals surface area (Å²) in [7, 11) is 0. The third kappa shape index (κ3) is 0.877. The Morgan fingerprint density at radius 3 is 2.11 bits per heavy atom. The summed E-state index contributed by atoms with van der Waals surface area (Å²) in [6.45, 7) is 2.83. The molecule has 0 aromatic carbocycles. The van der Waals surface area contributed by atoms with Crippen LogP contribution in [0.2, 0.25) is 0 Å². The highest BCUT2D eigenvalue weighted by Gasteiger charge is 2.39. The fraction of sp³-hybridized carbons (Fsp3) is 1.00. The summed E-state index contributed by atoms with van der Waals surface area (Å²) in [6, 6.07) is 0. The molecule has 52 valence electrons. The van der Waals surface area contributed by atoms with E-state index in [1.165, 1.54) is 45.2 Å². The summed E-state index contributed by atoms with van der Waals surface area (Å²) < 4.78 is 0. The van der Waals surface area contributed by atoms with Gasteiger partial charge in [-0.25, -0.2) is 0 Å². The Morgan fingerprint density at radius 2 is 1.78 bits per heavy atom. The van der Waals surface area contributed by atoms with Gasteiger partial charge in [-0.05, 0) is 25.7 Å². The molecule has 1 heterocycles. The number of rotatable bonds is 0. The SMILES string of the molecule is C1C[NH2+]CC2(C1)CCC2. The quantitative estimate of drug-likeness (QED) is 0.487. The van der Waals surface area contributed by atoms with Gasteiger partial charge in [0.25, 0.3) is 0 Å². The van der Waals surface area contributed by atoms with Gasteiger partial charge in [-0.3, -0.25) is 0 Å². The van der Waals surface area contributed by atoms with Gasteiger partial charge in [-0.15, -0.1) is 0 Å². The van der Waals surface area contributed by atoms with E-state index in [4.69, 9.17) is 0 Å². The van der Waals surface area contributed by atoms with Crippen LogP contribution in [-0.2, 0) is 0 Å². The summed E-state index contributed by atoms with van der Waals surface area (Å²) in [5, 5.41) is 2.50. The van der Waals surface area contributed by atoms with Crippen LogP contribution in [0.3, 0.4) is 0 Å². The van der Waals surface area contributed by atoms with Crippen molar-refractivity contribution in [2.24, 2.45) is 5.41 Å². The average molecular weight is 126 g/mol. The Hall–Kier alpha value is -0.0400. The topological polar surface area (TPSA) is 16.6 Å². The van der Waals surface area contributed by atoms with Crippen LogP contribution in [0, 0.1) is 5.41 Å². The fourth-order valence-corrected chi connectivity index (χ4v) is 2.26. The van der Waals surface area contributed by atoms with E-state index >= 15 is 0 Å². The van der Waals surface area contributed by atoms with Crippen LogP contribution >= 0.6 is 0 Å². The lowest BCUT2D eigenvalue weighted by molar-refractivity contribution is -0.679. The number of quaternary nitrogens is 1. The van der Waals surface area contributed by atoms with Crippen LogP contribution in [0.1, 0.15) is 32.1 Å². The number of piperidine rings is 1. The minimum Gasteiger partial charge on any atom is -0.346 e. The highest BCUT2D eigenvalue weighted by molar-refractivity contribution is 4.87. The van der Waals surface area contributed by atoms with E-state index in [0.717, 1.165) is 5.41 Å². The molecular formula is C8H16N+. The molecule has 1 saturated heterocycles. The van der Waals surface area contributed by atoms with Gasteiger partial charge in [0.2, 0.25) is 0 Å². The number of hydrogen-bond acceptors (Lipinski definition) is 0. The van der Waals surface area contributed by atoms with Crippen molar-refractivity contribution in [3.05, 3.63) is 0 Å². The van der Waals surface area contributed by atoms with Gasteiger partial charge in [0, 0.05) is 5.41 Å². The van der Waals surface area contributed by atoms with Gasteiger partial charge < -0.3 is 5.32 Å². The Morgan fingerprint density at radius 1 is 1.00 bits per heavy atom. The summed E-state index contributed by atoms with van der Waals surface area (Å²) in [6.07, 6.45) is 7.57. The normalized spacial score (nSPS) is 32.0. The molecule has 0 radical (unpaired) electrons. The zero-order chi connectivity index (χ0) is 6.16. The molecule has 2 fully saturated rings. The molecule has 1 spiro atoms. The molecule has 0 bridgehead atoms. The van der Waals surface area contributed by atoms with E-state index in [1.807, 2.05) is 0 Å². The van der Waals surface area contributed by atoms with E-state index < -0.39 is 0 Å². The summed E-state index contributed by atoms with van der Waals surface area (Å²) in [5.74, 6) is 0. The lowest BCUT2D eigenvalue weighted by Crippen LogP contribution is -2.89. The minimum atomic E-state index is 0.845. The largest absolute Gasteiger partial charge is 0.346 e. The number of hydrogen-bond donors (Lipinski definition) is 1. The maximum Gasteiger partial charge on any atom is 0.0812 e. The van der Waals surface area contributed by atoms with Crippen molar-refractivity contribution in [1.82, 2.24) is 0 Å².